The van der Waals surface area contributed by atoms with E-state index in [2.05, 4.69) is 5.10 Å². The zero-order valence-corrected chi connectivity index (χ0v) is 16.4. The monoisotopic (exact) mass is 372 g/mol. The third-order valence-corrected chi connectivity index (χ3v) is 5.30. The van der Waals surface area contributed by atoms with Crippen molar-refractivity contribution in [3.05, 3.63) is 51.7 Å². The SMILES string of the molecule is CCn1c(C2CCN(C(=O)c3ccccc3C)CC2)nn(CCOC)c1=O. The van der Waals surface area contributed by atoms with Crippen molar-refractivity contribution in [2.45, 2.75) is 45.7 Å². The van der Waals surface area contributed by atoms with Crippen molar-refractivity contribution in [2.75, 3.05) is 26.8 Å². The van der Waals surface area contributed by atoms with Crippen molar-refractivity contribution in [3.8, 4) is 0 Å². The van der Waals surface area contributed by atoms with Gasteiger partial charge in [0.15, 0.2) is 0 Å². The highest BCUT2D eigenvalue weighted by atomic mass is 16.5. The predicted octanol–water partition coefficient (Wildman–Crippen LogP) is 2.04. The highest BCUT2D eigenvalue weighted by molar-refractivity contribution is 5.95. The topological polar surface area (TPSA) is 69.4 Å². The average Bonchev–Trinajstić information content (AvgIpc) is 3.01. The minimum absolute atomic E-state index is 0.0806. The van der Waals surface area contributed by atoms with Gasteiger partial charge in [-0.3, -0.25) is 9.36 Å². The molecule has 0 saturated carbocycles. The fourth-order valence-corrected chi connectivity index (χ4v) is 3.70. The van der Waals surface area contributed by atoms with Gasteiger partial charge in [-0.2, -0.15) is 5.10 Å². The first-order chi connectivity index (χ1) is 13.1. The van der Waals surface area contributed by atoms with Crippen molar-refractivity contribution in [1.29, 1.82) is 0 Å². The van der Waals surface area contributed by atoms with Crippen LogP contribution in [0.2, 0.25) is 0 Å². The molecule has 0 radical (unpaired) electrons. The lowest BCUT2D eigenvalue weighted by molar-refractivity contribution is 0.0709. The second-order valence-electron chi connectivity index (χ2n) is 6.98. The summed E-state index contributed by atoms with van der Waals surface area (Å²) in [6.45, 7) is 6.81. The summed E-state index contributed by atoms with van der Waals surface area (Å²) in [6, 6.07) is 7.70. The lowest BCUT2D eigenvalue weighted by atomic mass is 9.95. The molecule has 1 fully saturated rings. The van der Waals surface area contributed by atoms with Gasteiger partial charge in [-0.25, -0.2) is 9.48 Å². The van der Waals surface area contributed by atoms with Gasteiger partial charge in [0.1, 0.15) is 5.82 Å². The van der Waals surface area contributed by atoms with Gasteiger partial charge in [-0.15, -0.1) is 0 Å². The Morgan fingerprint density at radius 2 is 1.96 bits per heavy atom. The first-order valence-corrected chi connectivity index (χ1v) is 9.58. The maximum absolute atomic E-state index is 12.8. The number of amides is 1. The van der Waals surface area contributed by atoms with Crippen molar-refractivity contribution < 1.29 is 9.53 Å². The van der Waals surface area contributed by atoms with E-state index in [0.29, 0.717) is 32.8 Å². The molecule has 0 atom stereocenters. The maximum Gasteiger partial charge on any atom is 0.345 e. The molecule has 1 amide bonds. The minimum Gasteiger partial charge on any atom is -0.383 e. The average molecular weight is 372 g/mol. The first-order valence-electron chi connectivity index (χ1n) is 9.58. The van der Waals surface area contributed by atoms with Crippen LogP contribution in [-0.2, 0) is 17.8 Å². The van der Waals surface area contributed by atoms with Gasteiger partial charge in [-0.1, -0.05) is 18.2 Å². The minimum atomic E-state index is -0.0806. The zero-order valence-electron chi connectivity index (χ0n) is 16.4. The van der Waals surface area contributed by atoms with Crippen LogP contribution in [0.5, 0.6) is 0 Å². The van der Waals surface area contributed by atoms with Gasteiger partial charge in [0.25, 0.3) is 5.91 Å². The Kier molecular flexibility index (Phi) is 6.11. The lowest BCUT2D eigenvalue weighted by Crippen LogP contribution is -2.38. The second kappa shape index (κ2) is 8.52. The van der Waals surface area contributed by atoms with Crippen molar-refractivity contribution in [3.63, 3.8) is 0 Å². The summed E-state index contributed by atoms with van der Waals surface area (Å²) in [4.78, 5) is 27.2. The number of carbonyl (C=O) groups is 1. The Hall–Kier alpha value is -2.41. The number of hydrogen-bond acceptors (Lipinski definition) is 4. The molecule has 0 bridgehead atoms. The van der Waals surface area contributed by atoms with Gasteiger partial charge in [0.05, 0.1) is 13.2 Å². The fraction of sp³-hybridized carbons (Fsp3) is 0.550. The molecule has 1 aliphatic heterocycles. The summed E-state index contributed by atoms with van der Waals surface area (Å²) in [6.07, 6.45) is 1.64. The van der Waals surface area contributed by atoms with Crippen molar-refractivity contribution in [1.82, 2.24) is 19.2 Å². The van der Waals surface area contributed by atoms with Gasteiger partial charge in [-0.05, 0) is 38.3 Å². The number of aromatic nitrogens is 3. The number of rotatable bonds is 6. The molecule has 0 aliphatic carbocycles. The Morgan fingerprint density at radius 3 is 2.59 bits per heavy atom. The lowest BCUT2D eigenvalue weighted by Gasteiger charge is -2.32. The molecule has 146 valence electrons. The summed E-state index contributed by atoms with van der Waals surface area (Å²) in [5.41, 5.74) is 1.69. The van der Waals surface area contributed by atoms with E-state index in [1.165, 1.54) is 4.68 Å². The van der Waals surface area contributed by atoms with Gasteiger partial charge in [0.2, 0.25) is 0 Å². The number of benzene rings is 1. The molecule has 27 heavy (non-hydrogen) atoms. The largest absolute Gasteiger partial charge is 0.383 e. The standard InChI is InChI=1S/C20H28N4O3/c1-4-23-18(21-24(20(23)26)13-14-27-3)16-9-11-22(12-10-16)19(25)17-8-6-5-7-15(17)2/h5-8,16H,4,9-14H2,1-3H3. The number of hydrogen-bond donors (Lipinski definition) is 0. The predicted molar refractivity (Wildman–Crippen MR) is 103 cm³/mol. The Morgan fingerprint density at radius 1 is 1.26 bits per heavy atom. The maximum atomic E-state index is 12.8. The molecule has 1 aromatic carbocycles. The smallest absolute Gasteiger partial charge is 0.345 e. The molecule has 1 aromatic heterocycles. The van der Waals surface area contributed by atoms with E-state index in [-0.39, 0.29) is 17.5 Å². The van der Waals surface area contributed by atoms with E-state index < -0.39 is 0 Å². The van der Waals surface area contributed by atoms with Crippen LogP contribution >= 0.6 is 0 Å². The molecule has 0 spiro atoms. The van der Waals surface area contributed by atoms with Crippen LogP contribution < -0.4 is 5.69 Å². The van der Waals surface area contributed by atoms with E-state index in [0.717, 1.165) is 29.8 Å². The summed E-state index contributed by atoms with van der Waals surface area (Å²) >= 11 is 0. The third-order valence-electron chi connectivity index (χ3n) is 5.30. The summed E-state index contributed by atoms with van der Waals surface area (Å²) in [5.74, 6) is 1.12. The second-order valence-corrected chi connectivity index (χ2v) is 6.98. The first kappa shape index (κ1) is 19.4. The van der Waals surface area contributed by atoms with E-state index in [4.69, 9.17) is 4.74 Å². The van der Waals surface area contributed by atoms with Crippen LogP contribution in [0.3, 0.4) is 0 Å². The number of aryl methyl sites for hydroxylation is 1. The normalized spacial score (nSPS) is 15.3. The molecule has 0 unspecified atom stereocenters. The number of nitrogens with zero attached hydrogens (tertiary/aromatic N) is 4. The van der Waals surface area contributed by atoms with Crippen LogP contribution in [-0.4, -0.2) is 52.0 Å². The van der Waals surface area contributed by atoms with Crippen molar-refractivity contribution in [2.24, 2.45) is 0 Å². The molecular weight excluding hydrogens is 344 g/mol. The fourth-order valence-electron chi connectivity index (χ4n) is 3.70. The quantitative estimate of drug-likeness (QED) is 0.778. The van der Waals surface area contributed by atoms with Crippen molar-refractivity contribution >= 4 is 5.91 Å². The van der Waals surface area contributed by atoms with Crippen LogP contribution in [0.15, 0.2) is 29.1 Å². The Balaban J connectivity index is 1.71. The van der Waals surface area contributed by atoms with Crippen LogP contribution in [0.1, 0.15) is 47.4 Å². The van der Waals surface area contributed by atoms with Crippen LogP contribution in [0.4, 0.5) is 0 Å². The summed E-state index contributed by atoms with van der Waals surface area (Å²) < 4.78 is 8.31. The molecule has 7 heteroatoms. The third kappa shape index (κ3) is 3.98. The Labute approximate surface area is 159 Å². The van der Waals surface area contributed by atoms with Crippen LogP contribution in [0.25, 0.3) is 0 Å². The molecule has 2 aromatic rings. The number of methoxy groups -OCH3 is 1. The number of likely N-dealkylation sites (tertiary alicyclic amines) is 1. The molecule has 3 rings (SSSR count). The molecule has 1 saturated heterocycles. The van der Waals surface area contributed by atoms with E-state index in [1.54, 1.807) is 11.7 Å². The number of ether oxygens (including phenoxy) is 1. The molecular formula is C20H28N4O3. The highest BCUT2D eigenvalue weighted by Gasteiger charge is 2.29. The summed E-state index contributed by atoms with van der Waals surface area (Å²) in [7, 11) is 1.62. The molecule has 1 aliphatic rings. The van der Waals surface area contributed by atoms with E-state index in [9.17, 15) is 9.59 Å². The summed E-state index contributed by atoms with van der Waals surface area (Å²) in [5, 5.41) is 4.57. The van der Waals surface area contributed by atoms with E-state index in [1.807, 2.05) is 43.0 Å². The Bertz CT molecular complexity index is 847. The zero-order chi connectivity index (χ0) is 19.4. The highest BCUT2D eigenvalue weighted by Crippen LogP contribution is 2.27. The number of carbonyl (C=O) groups excluding carboxylic acids is 1. The molecule has 2 heterocycles. The number of piperidine rings is 1. The van der Waals surface area contributed by atoms with Gasteiger partial charge >= 0.3 is 5.69 Å². The van der Waals surface area contributed by atoms with Crippen LogP contribution in [0, 0.1) is 6.92 Å². The van der Waals surface area contributed by atoms with Gasteiger partial charge in [0, 0.05) is 38.2 Å². The molecule has 0 N–H and O–H groups in total. The molecule has 7 nitrogen and oxygen atoms in total. The van der Waals surface area contributed by atoms with E-state index >= 15 is 0 Å². The van der Waals surface area contributed by atoms with Gasteiger partial charge < -0.3 is 9.64 Å².